The molecule has 0 N–H and O–H groups in total. The fraction of sp³-hybridized carbons (Fsp3) is 0.905. The standard InChI is InChI=1S/C21H35F3/c1-2-3-6-17-8-12-19(13-9-17)20-14-10-18(11-15-20)7-4-5-16-21(22,23)24/h2,17-20H,1,3-16H2. The molecule has 0 saturated heterocycles. The zero-order valence-corrected chi connectivity index (χ0v) is 15.1. The molecule has 0 aliphatic heterocycles. The van der Waals surface area contributed by atoms with E-state index in [0.717, 1.165) is 37.0 Å². The maximum Gasteiger partial charge on any atom is 0.389 e. The number of halogens is 3. The van der Waals surface area contributed by atoms with E-state index in [1.165, 1.54) is 57.8 Å². The van der Waals surface area contributed by atoms with E-state index in [0.29, 0.717) is 12.3 Å². The predicted octanol–water partition coefficient (Wildman–Crippen LogP) is 7.69. The van der Waals surface area contributed by atoms with E-state index in [1.807, 2.05) is 6.08 Å². The van der Waals surface area contributed by atoms with Crippen molar-refractivity contribution < 1.29 is 13.2 Å². The second-order valence-corrected chi connectivity index (χ2v) is 8.29. The summed E-state index contributed by atoms with van der Waals surface area (Å²) in [5, 5.41) is 0. The molecule has 3 heteroatoms. The molecule has 2 fully saturated rings. The molecule has 0 bridgehead atoms. The van der Waals surface area contributed by atoms with Crippen molar-refractivity contribution >= 4 is 0 Å². The molecule has 2 rings (SSSR count). The first kappa shape index (κ1) is 19.8. The third-order valence-corrected chi connectivity index (χ3v) is 6.55. The Hall–Kier alpha value is -0.470. The lowest BCUT2D eigenvalue weighted by molar-refractivity contribution is -0.135. The van der Waals surface area contributed by atoms with Crippen molar-refractivity contribution in [2.45, 2.75) is 96.1 Å². The van der Waals surface area contributed by atoms with E-state index in [9.17, 15) is 13.2 Å². The highest BCUT2D eigenvalue weighted by molar-refractivity contribution is 4.83. The average molecular weight is 345 g/mol. The number of rotatable bonds is 8. The molecule has 0 heterocycles. The smallest absolute Gasteiger partial charge is 0.171 e. The van der Waals surface area contributed by atoms with Crippen molar-refractivity contribution in [3.05, 3.63) is 12.7 Å². The Kier molecular flexibility index (Phi) is 8.16. The molecule has 0 amide bonds. The first-order chi connectivity index (χ1) is 11.5. The topological polar surface area (TPSA) is 0 Å². The van der Waals surface area contributed by atoms with Crippen LogP contribution >= 0.6 is 0 Å². The Labute approximate surface area is 146 Å². The lowest BCUT2D eigenvalue weighted by Crippen LogP contribution is -2.25. The zero-order valence-electron chi connectivity index (χ0n) is 15.1. The number of allylic oxidation sites excluding steroid dienone is 1. The molecular formula is C21H35F3. The van der Waals surface area contributed by atoms with E-state index in [-0.39, 0.29) is 0 Å². The van der Waals surface area contributed by atoms with Gasteiger partial charge in [-0.2, -0.15) is 13.2 Å². The van der Waals surface area contributed by atoms with Crippen LogP contribution in [0.2, 0.25) is 0 Å². The van der Waals surface area contributed by atoms with Gasteiger partial charge in [0.1, 0.15) is 0 Å². The molecule has 0 nitrogen and oxygen atoms in total. The monoisotopic (exact) mass is 344 g/mol. The van der Waals surface area contributed by atoms with Crippen LogP contribution in [0.25, 0.3) is 0 Å². The Morgan fingerprint density at radius 3 is 1.71 bits per heavy atom. The summed E-state index contributed by atoms with van der Waals surface area (Å²) < 4.78 is 36.5. The van der Waals surface area contributed by atoms with Gasteiger partial charge in [-0.25, -0.2) is 0 Å². The van der Waals surface area contributed by atoms with E-state index in [4.69, 9.17) is 0 Å². The fourth-order valence-corrected chi connectivity index (χ4v) is 5.01. The van der Waals surface area contributed by atoms with Crippen LogP contribution < -0.4 is 0 Å². The number of alkyl halides is 3. The Morgan fingerprint density at radius 2 is 1.25 bits per heavy atom. The fourth-order valence-electron chi connectivity index (χ4n) is 5.01. The van der Waals surface area contributed by atoms with Gasteiger partial charge in [0.25, 0.3) is 0 Å². The second-order valence-electron chi connectivity index (χ2n) is 8.29. The van der Waals surface area contributed by atoms with Crippen LogP contribution in [0, 0.1) is 23.7 Å². The van der Waals surface area contributed by atoms with Crippen LogP contribution in [0.1, 0.15) is 89.9 Å². The molecular weight excluding hydrogens is 309 g/mol. The van der Waals surface area contributed by atoms with Gasteiger partial charge in [-0.15, -0.1) is 6.58 Å². The highest BCUT2D eigenvalue weighted by atomic mass is 19.4. The highest BCUT2D eigenvalue weighted by Crippen LogP contribution is 2.43. The molecule has 140 valence electrons. The third kappa shape index (κ3) is 7.19. The van der Waals surface area contributed by atoms with Gasteiger partial charge in [-0.3, -0.25) is 0 Å². The van der Waals surface area contributed by atoms with Crippen molar-refractivity contribution in [3.8, 4) is 0 Å². The van der Waals surface area contributed by atoms with Gasteiger partial charge >= 0.3 is 6.18 Å². The Bertz CT molecular complexity index is 345. The summed E-state index contributed by atoms with van der Waals surface area (Å²) in [6.07, 6.45) is 12.8. The van der Waals surface area contributed by atoms with Crippen molar-refractivity contribution in [3.63, 3.8) is 0 Å². The minimum Gasteiger partial charge on any atom is -0.171 e. The Morgan fingerprint density at radius 1 is 0.750 bits per heavy atom. The summed E-state index contributed by atoms with van der Waals surface area (Å²) in [4.78, 5) is 0. The van der Waals surface area contributed by atoms with E-state index < -0.39 is 12.6 Å². The Balaban J connectivity index is 1.57. The van der Waals surface area contributed by atoms with Crippen LogP contribution in [0.15, 0.2) is 12.7 Å². The van der Waals surface area contributed by atoms with E-state index in [2.05, 4.69) is 6.58 Å². The first-order valence-corrected chi connectivity index (χ1v) is 10.2. The van der Waals surface area contributed by atoms with Crippen molar-refractivity contribution in [2.75, 3.05) is 0 Å². The van der Waals surface area contributed by atoms with Gasteiger partial charge in [-0.05, 0) is 68.6 Å². The molecule has 24 heavy (non-hydrogen) atoms. The maximum absolute atomic E-state index is 12.2. The number of hydrogen-bond acceptors (Lipinski definition) is 0. The van der Waals surface area contributed by atoms with Gasteiger partial charge in [0.05, 0.1) is 0 Å². The highest BCUT2D eigenvalue weighted by Gasteiger charge is 2.31. The second kappa shape index (κ2) is 9.87. The van der Waals surface area contributed by atoms with Crippen LogP contribution in [-0.2, 0) is 0 Å². The molecule has 2 saturated carbocycles. The molecule has 0 unspecified atom stereocenters. The minimum absolute atomic E-state index is 0.318. The molecule has 0 aromatic carbocycles. The quantitative estimate of drug-likeness (QED) is 0.313. The van der Waals surface area contributed by atoms with Crippen LogP contribution in [0.4, 0.5) is 13.2 Å². The van der Waals surface area contributed by atoms with Gasteiger partial charge in [-0.1, -0.05) is 44.6 Å². The molecule has 2 aliphatic rings. The summed E-state index contributed by atoms with van der Waals surface area (Å²) >= 11 is 0. The molecule has 0 radical (unpaired) electrons. The van der Waals surface area contributed by atoms with Gasteiger partial charge in [0.15, 0.2) is 0 Å². The summed E-state index contributed by atoms with van der Waals surface area (Å²) in [7, 11) is 0. The van der Waals surface area contributed by atoms with Crippen LogP contribution in [-0.4, -0.2) is 6.18 Å². The van der Waals surface area contributed by atoms with E-state index >= 15 is 0 Å². The molecule has 0 spiro atoms. The van der Waals surface area contributed by atoms with Crippen LogP contribution in [0.3, 0.4) is 0 Å². The maximum atomic E-state index is 12.2. The summed E-state index contributed by atoms with van der Waals surface area (Å²) in [6, 6.07) is 0. The van der Waals surface area contributed by atoms with Gasteiger partial charge in [0, 0.05) is 6.42 Å². The number of hydrogen-bond donors (Lipinski definition) is 0. The summed E-state index contributed by atoms with van der Waals surface area (Å²) in [5.41, 5.74) is 0. The summed E-state index contributed by atoms with van der Waals surface area (Å²) in [6.45, 7) is 3.82. The van der Waals surface area contributed by atoms with Gasteiger partial charge in [0.2, 0.25) is 0 Å². The molecule has 0 atom stereocenters. The zero-order chi connectivity index (χ0) is 17.4. The van der Waals surface area contributed by atoms with Crippen LogP contribution in [0.5, 0.6) is 0 Å². The molecule has 0 aromatic heterocycles. The summed E-state index contributed by atoms with van der Waals surface area (Å²) in [5.74, 6) is 3.44. The molecule has 0 aromatic rings. The minimum atomic E-state index is -3.97. The predicted molar refractivity (Wildman–Crippen MR) is 94.9 cm³/mol. The third-order valence-electron chi connectivity index (χ3n) is 6.55. The molecule has 2 aliphatic carbocycles. The lowest BCUT2D eigenvalue weighted by atomic mass is 9.68. The van der Waals surface area contributed by atoms with Crippen molar-refractivity contribution in [1.82, 2.24) is 0 Å². The number of unbranched alkanes of at least 4 members (excludes halogenated alkanes) is 1. The van der Waals surface area contributed by atoms with Crippen molar-refractivity contribution in [2.24, 2.45) is 23.7 Å². The average Bonchev–Trinajstić information content (AvgIpc) is 2.57. The lowest BCUT2D eigenvalue weighted by Gasteiger charge is -2.38. The van der Waals surface area contributed by atoms with E-state index in [1.54, 1.807) is 0 Å². The van der Waals surface area contributed by atoms with Gasteiger partial charge < -0.3 is 0 Å². The largest absolute Gasteiger partial charge is 0.389 e. The van der Waals surface area contributed by atoms with Crippen molar-refractivity contribution in [1.29, 1.82) is 0 Å². The normalized spacial score (nSPS) is 31.8. The first-order valence-electron chi connectivity index (χ1n) is 10.2. The SMILES string of the molecule is C=CCCC1CCC(C2CCC(CCCCC(F)(F)F)CC2)CC1.